The number of hydrogen-bond donors (Lipinski definition) is 1. The molecule has 2 aromatic rings. The molecule has 5 nitrogen and oxygen atoms in total. The summed E-state index contributed by atoms with van der Waals surface area (Å²) in [6.45, 7) is 2.53. The van der Waals surface area contributed by atoms with Crippen LogP contribution in [-0.4, -0.2) is 49.4 Å². The average molecular weight is 350 g/mol. The van der Waals surface area contributed by atoms with Gasteiger partial charge in [0.2, 0.25) is 0 Å². The molecule has 0 fully saturated rings. The van der Waals surface area contributed by atoms with Gasteiger partial charge in [0, 0.05) is 46.3 Å². The first kappa shape index (κ1) is 18.0. The highest BCUT2D eigenvalue weighted by atomic mass is 16.2. The molecule has 5 heteroatoms. The molecule has 1 N–H and O–H groups in total. The summed E-state index contributed by atoms with van der Waals surface area (Å²) in [4.78, 5) is 20.3. The smallest absolute Gasteiger partial charge is 0.253 e. The van der Waals surface area contributed by atoms with E-state index in [1.165, 1.54) is 11.1 Å². The van der Waals surface area contributed by atoms with Gasteiger partial charge in [-0.25, -0.2) is 0 Å². The van der Waals surface area contributed by atoms with Crippen LogP contribution in [0.2, 0.25) is 0 Å². The first-order valence-electron chi connectivity index (χ1n) is 8.91. The van der Waals surface area contributed by atoms with Crippen molar-refractivity contribution in [2.24, 2.45) is 4.99 Å². The maximum absolute atomic E-state index is 12.0. The van der Waals surface area contributed by atoms with Crippen LogP contribution in [0.1, 0.15) is 27.0 Å². The summed E-state index contributed by atoms with van der Waals surface area (Å²) in [5.74, 6) is 0.931. The lowest BCUT2D eigenvalue weighted by atomic mass is 10.0. The third-order valence-corrected chi connectivity index (χ3v) is 4.70. The molecule has 0 radical (unpaired) electrons. The van der Waals surface area contributed by atoms with Crippen molar-refractivity contribution in [2.45, 2.75) is 19.5 Å². The van der Waals surface area contributed by atoms with Crippen LogP contribution in [0.3, 0.4) is 0 Å². The fourth-order valence-electron chi connectivity index (χ4n) is 3.21. The Morgan fingerprint density at radius 1 is 1.12 bits per heavy atom. The summed E-state index contributed by atoms with van der Waals surface area (Å²) in [6.07, 6.45) is 1.04. The van der Waals surface area contributed by atoms with Gasteiger partial charge < -0.3 is 15.1 Å². The van der Waals surface area contributed by atoms with Crippen LogP contribution in [-0.2, 0) is 19.5 Å². The van der Waals surface area contributed by atoms with E-state index in [9.17, 15) is 4.79 Å². The van der Waals surface area contributed by atoms with Gasteiger partial charge in [-0.05, 0) is 35.2 Å². The van der Waals surface area contributed by atoms with Gasteiger partial charge in [0.1, 0.15) is 0 Å². The number of nitrogens with one attached hydrogen (secondary N) is 1. The predicted molar refractivity (Wildman–Crippen MR) is 105 cm³/mol. The molecule has 1 amide bonds. The molecule has 2 aromatic carbocycles. The number of guanidine groups is 1. The Morgan fingerprint density at radius 2 is 1.81 bits per heavy atom. The van der Waals surface area contributed by atoms with Crippen molar-refractivity contribution in [3.05, 3.63) is 70.8 Å². The van der Waals surface area contributed by atoms with E-state index >= 15 is 0 Å². The van der Waals surface area contributed by atoms with Crippen LogP contribution in [0, 0.1) is 0 Å². The highest BCUT2D eigenvalue weighted by Gasteiger charge is 2.18. The molecule has 0 bridgehead atoms. The fraction of sp³-hybridized carbons (Fsp3) is 0.333. The van der Waals surface area contributed by atoms with Crippen LogP contribution in [0.4, 0.5) is 0 Å². The van der Waals surface area contributed by atoms with Crippen molar-refractivity contribution < 1.29 is 4.79 Å². The summed E-state index contributed by atoms with van der Waals surface area (Å²) in [5.41, 5.74) is 4.63. The molecule has 0 aliphatic carbocycles. The molecular formula is C21H26N4O. The Labute approximate surface area is 155 Å². The van der Waals surface area contributed by atoms with Gasteiger partial charge >= 0.3 is 0 Å². The number of fused-ring (bicyclic) bond motifs is 1. The van der Waals surface area contributed by atoms with Crippen molar-refractivity contribution in [1.82, 2.24) is 15.1 Å². The highest BCUT2D eigenvalue weighted by molar-refractivity contribution is 5.93. The minimum absolute atomic E-state index is 0.0206. The van der Waals surface area contributed by atoms with Gasteiger partial charge in [-0.3, -0.25) is 9.79 Å². The van der Waals surface area contributed by atoms with Crippen LogP contribution in [0.25, 0.3) is 0 Å². The maximum atomic E-state index is 12.0. The minimum atomic E-state index is 0.0206. The van der Waals surface area contributed by atoms with E-state index in [0.717, 1.165) is 31.0 Å². The summed E-state index contributed by atoms with van der Waals surface area (Å²) >= 11 is 0. The zero-order valence-corrected chi connectivity index (χ0v) is 15.7. The van der Waals surface area contributed by atoms with E-state index in [0.29, 0.717) is 12.1 Å². The normalized spacial score (nSPS) is 14.0. The lowest BCUT2D eigenvalue weighted by molar-refractivity contribution is 0.0827. The molecule has 1 aliphatic rings. The number of hydrogen-bond acceptors (Lipinski definition) is 2. The zero-order chi connectivity index (χ0) is 18.5. The molecule has 3 rings (SSSR count). The molecule has 136 valence electrons. The molecule has 0 spiro atoms. The van der Waals surface area contributed by atoms with Gasteiger partial charge in [0.15, 0.2) is 5.96 Å². The first-order chi connectivity index (χ1) is 12.6. The summed E-state index contributed by atoms with van der Waals surface area (Å²) in [6, 6.07) is 16.3. The summed E-state index contributed by atoms with van der Waals surface area (Å²) < 4.78 is 0. The van der Waals surface area contributed by atoms with Gasteiger partial charge in [-0.1, -0.05) is 36.4 Å². The quantitative estimate of drug-likeness (QED) is 0.684. The molecule has 0 unspecified atom stereocenters. The van der Waals surface area contributed by atoms with E-state index in [-0.39, 0.29) is 5.91 Å². The van der Waals surface area contributed by atoms with E-state index in [1.54, 1.807) is 19.0 Å². The number of carbonyl (C=O) groups is 1. The number of nitrogens with zero attached hydrogens (tertiary/aromatic N) is 3. The molecule has 1 aliphatic heterocycles. The molecule has 0 saturated carbocycles. The third kappa shape index (κ3) is 4.04. The lowest BCUT2D eigenvalue weighted by Crippen LogP contribution is -2.43. The Hall–Kier alpha value is -2.82. The Morgan fingerprint density at radius 3 is 2.46 bits per heavy atom. The number of rotatable bonds is 3. The lowest BCUT2D eigenvalue weighted by Gasteiger charge is -2.31. The van der Waals surface area contributed by atoms with Crippen LogP contribution in [0.5, 0.6) is 0 Å². The maximum Gasteiger partial charge on any atom is 0.253 e. The predicted octanol–water partition coefficient (Wildman–Crippen LogP) is 2.52. The van der Waals surface area contributed by atoms with Gasteiger partial charge in [-0.2, -0.15) is 0 Å². The Bertz CT molecular complexity index is 796. The standard InChI is InChI=1S/C21H26N4O/c1-22-21(25-13-12-17-6-4-5-7-19(17)15-25)23-14-16-8-10-18(11-9-16)20(26)24(2)3/h4-11H,12-15H2,1-3H3,(H,22,23). The Kier molecular flexibility index (Phi) is 5.56. The largest absolute Gasteiger partial charge is 0.352 e. The zero-order valence-electron chi connectivity index (χ0n) is 15.7. The topological polar surface area (TPSA) is 47.9 Å². The number of benzene rings is 2. The Balaban J connectivity index is 1.61. The van der Waals surface area contributed by atoms with E-state index in [1.807, 2.05) is 31.3 Å². The summed E-state index contributed by atoms with van der Waals surface area (Å²) in [7, 11) is 5.35. The van der Waals surface area contributed by atoms with E-state index in [2.05, 4.69) is 39.5 Å². The van der Waals surface area contributed by atoms with Crippen molar-refractivity contribution in [3.8, 4) is 0 Å². The minimum Gasteiger partial charge on any atom is -0.352 e. The SMILES string of the molecule is CN=C(NCc1ccc(C(=O)N(C)C)cc1)N1CCc2ccccc2C1. The molecular weight excluding hydrogens is 324 g/mol. The summed E-state index contributed by atoms with van der Waals surface area (Å²) in [5, 5.41) is 3.44. The highest BCUT2D eigenvalue weighted by Crippen LogP contribution is 2.18. The number of aliphatic imine (C=N–C) groups is 1. The van der Waals surface area contributed by atoms with Crippen molar-refractivity contribution in [2.75, 3.05) is 27.7 Å². The van der Waals surface area contributed by atoms with Crippen molar-refractivity contribution in [1.29, 1.82) is 0 Å². The molecule has 0 atom stereocenters. The fourth-order valence-corrected chi connectivity index (χ4v) is 3.21. The van der Waals surface area contributed by atoms with Crippen LogP contribution in [0.15, 0.2) is 53.5 Å². The molecule has 26 heavy (non-hydrogen) atoms. The van der Waals surface area contributed by atoms with Gasteiger partial charge in [0.25, 0.3) is 5.91 Å². The van der Waals surface area contributed by atoms with Gasteiger partial charge in [0.05, 0.1) is 0 Å². The molecule has 1 heterocycles. The first-order valence-corrected chi connectivity index (χ1v) is 8.91. The number of amides is 1. The molecule has 0 saturated heterocycles. The average Bonchev–Trinajstić information content (AvgIpc) is 2.68. The van der Waals surface area contributed by atoms with Crippen molar-refractivity contribution in [3.63, 3.8) is 0 Å². The second-order valence-electron chi connectivity index (χ2n) is 6.74. The van der Waals surface area contributed by atoms with Crippen molar-refractivity contribution >= 4 is 11.9 Å². The van der Waals surface area contributed by atoms with Gasteiger partial charge in [-0.15, -0.1) is 0 Å². The third-order valence-electron chi connectivity index (χ3n) is 4.70. The monoisotopic (exact) mass is 350 g/mol. The van der Waals surface area contributed by atoms with Crippen LogP contribution >= 0.6 is 0 Å². The van der Waals surface area contributed by atoms with E-state index < -0.39 is 0 Å². The molecule has 0 aromatic heterocycles. The second-order valence-corrected chi connectivity index (χ2v) is 6.74. The second kappa shape index (κ2) is 8.04. The van der Waals surface area contributed by atoms with E-state index in [4.69, 9.17) is 0 Å². The van der Waals surface area contributed by atoms with Crippen LogP contribution < -0.4 is 5.32 Å². The number of carbonyl (C=O) groups excluding carboxylic acids is 1.